The molecule has 1 aliphatic rings. The fourth-order valence-corrected chi connectivity index (χ4v) is 3.74. The minimum absolute atomic E-state index is 0.0867. The van der Waals surface area contributed by atoms with Gasteiger partial charge in [-0.1, -0.05) is 19.3 Å². The Labute approximate surface area is 137 Å². The lowest BCUT2D eigenvalue weighted by Gasteiger charge is -2.33. The highest BCUT2D eigenvalue weighted by Crippen LogP contribution is 2.29. The van der Waals surface area contributed by atoms with Crippen molar-refractivity contribution in [2.24, 2.45) is 0 Å². The smallest absolute Gasteiger partial charge is 0.329 e. The largest absolute Gasteiger partial charge is 0.480 e. The fourth-order valence-electron chi connectivity index (χ4n) is 2.93. The summed E-state index contributed by atoms with van der Waals surface area (Å²) in [5, 5.41) is 14.8. The van der Waals surface area contributed by atoms with Crippen molar-refractivity contribution in [1.29, 1.82) is 0 Å². The van der Waals surface area contributed by atoms with Gasteiger partial charge < -0.3 is 14.8 Å². The lowest BCUT2D eigenvalue weighted by Crippen LogP contribution is -2.56. The minimum atomic E-state index is -1.11. The molecule has 3 rings (SSSR count). The Kier molecular flexibility index (Phi) is 4.47. The van der Waals surface area contributed by atoms with Crippen LogP contribution in [0.15, 0.2) is 28.4 Å². The van der Waals surface area contributed by atoms with Gasteiger partial charge in [-0.2, -0.15) is 0 Å². The third-order valence-corrected chi connectivity index (χ3v) is 5.10. The van der Waals surface area contributed by atoms with E-state index in [-0.39, 0.29) is 12.3 Å². The number of carboxylic acid groups (broad SMARTS) is 1. The molecule has 7 heteroatoms. The minimum Gasteiger partial charge on any atom is -0.480 e. The van der Waals surface area contributed by atoms with E-state index in [0.717, 1.165) is 29.8 Å². The number of aliphatic carboxylic acids is 1. The van der Waals surface area contributed by atoms with Crippen LogP contribution in [0, 0.1) is 0 Å². The van der Waals surface area contributed by atoms with Gasteiger partial charge in [-0.05, 0) is 18.9 Å². The summed E-state index contributed by atoms with van der Waals surface area (Å²) >= 11 is 1.43. The molecule has 0 aromatic carbocycles. The van der Waals surface area contributed by atoms with E-state index in [1.165, 1.54) is 11.3 Å². The van der Waals surface area contributed by atoms with Crippen LogP contribution in [0.4, 0.5) is 0 Å². The summed E-state index contributed by atoms with van der Waals surface area (Å²) in [5.74, 6) is -1.23. The molecule has 0 unspecified atom stereocenters. The molecule has 1 fully saturated rings. The predicted molar refractivity (Wildman–Crippen MR) is 85.1 cm³/mol. The van der Waals surface area contributed by atoms with Crippen LogP contribution in [0.3, 0.4) is 0 Å². The number of carbonyl (C=O) groups excluding carboxylic acids is 1. The summed E-state index contributed by atoms with van der Waals surface area (Å²) < 4.78 is 5.02. The lowest BCUT2D eigenvalue weighted by molar-refractivity contribution is -0.149. The summed E-state index contributed by atoms with van der Waals surface area (Å²) in [5.41, 5.74) is 0.398. The van der Waals surface area contributed by atoms with Crippen molar-refractivity contribution in [3.05, 3.63) is 29.7 Å². The summed E-state index contributed by atoms with van der Waals surface area (Å²) in [7, 11) is 0. The zero-order chi connectivity index (χ0) is 16.3. The van der Waals surface area contributed by atoms with Crippen LogP contribution in [0.25, 0.3) is 10.6 Å². The molecule has 1 amide bonds. The first-order valence-electron chi connectivity index (χ1n) is 7.60. The number of carboxylic acids is 1. The molecule has 0 saturated heterocycles. The second kappa shape index (κ2) is 6.54. The van der Waals surface area contributed by atoms with Gasteiger partial charge in [0.15, 0.2) is 0 Å². The van der Waals surface area contributed by atoms with Crippen molar-refractivity contribution >= 4 is 23.2 Å². The molecule has 0 aliphatic heterocycles. The van der Waals surface area contributed by atoms with Gasteiger partial charge in [0, 0.05) is 10.9 Å². The third-order valence-electron chi connectivity index (χ3n) is 4.16. The van der Waals surface area contributed by atoms with E-state index < -0.39 is 11.5 Å². The highest BCUT2D eigenvalue weighted by Gasteiger charge is 2.40. The number of carbonyl (C=O) groups is 2. The number of amides is 1. The van der Waals surface area contributed by atoms with Gasteiger partial charge >= 0.3 is 5.97 Å². The van der Waals surface area contributed by atoms with Crippen LogP contribution in [-0.2, 0) is 16.0 Å². The van der Waals surface area contributed by atoms with E-state index in [9.17, 15) is 14.7 Å². The molecule has 0 spiro atoms. The predicted octanol–water partition coefficient (Wildman–Crippen LogP) is 2.85. The quantitative estimate of drug-likeness (QED) is 0.877. The topological polar surface area (TPSA) is 92.4 Å². The molecular weight excluding hydrogens is 316 g/mol. The van der Waals surface area contributed by atoms with Crippen molar-refractivity contribution in [3.63, 3.8) is 0 Å². The van der Waals surface area contributed by atoms with Crippen molar-refractivity contribution in [2.75, 3.05) is 0 Å². The van der Waals surface area contributed by atoms with Gasteiger partial charge in [0.1, 0.15) is 16.8 Å². The van der Waals surface area contributed by atoms with Crippen molar-refractivity contribution < 1.29 is 19.1 Å². The molecule has 6 nitrogen and oxygen atoms in total. The Hall–Kier alpha value is -2.15. The number of nitrogens with zero attached hydrogens (tertiary/aromatic N) is 1. The molecule has 2 aromatic rings. The van der Waals surface area contributed by atoms with Crippen LogP contribution in [-0.4, -0.2) is 27.5 Å². The molecule has 2 N–H and O–H groups in total. The van der Waals surface area contributed by atoms with Crippen LogP contribution in [0.5, 0.6) is 0 Å². The molecule has 0 atom stereocenters. The molecule has 2 aromatic heterocycles. The van der Waals surface area contributed by atoms with Crippen molar-refractivity contribution in [2.45, 2.75) is 44.1 Å². The van der Waals surface area contributed by atoms with Gasteiger partial charge in [0.2, 0.25) is 5.91 Å². The average molecular weight is 334 g/mol. The van der Waals surface area contributed by atoms with Gasteiger partial charge in [0.25, 0.3) is 0 Å². The maximum absolute atomic E-state index is 12.3. The lowest BCUT2D eigenvalue weighted by atomic mass is 9.81. The molecule has 0 radical (unpaired) electrons. The maximum atomic E-state index is 12.3. The molecule has 122 valence electrons. The van der Waals surface area contributed by atoms with Crippen LogP contribution >= 0.6 is 11.3 Å². The first kappa shape index (κ1) is 15.7. The van der Waals surface area contributed by atoms with Crippen molar-refractivity contribution in [3.8, 4) is 10.6 Å². The molecule has 1 aliphatic carbocycles. The maximum Gasteiger partial charge on any atom is 0.329 e. The van der Waals surface area contributed by atoms with E-state index in [4.69, 9.17) is 4.42 Å². The Morgan fingerprint density at radius 3 is 2.78 bits per heavy atom. The number of aromatic nitrogens is 1. The summed E-state index contributed by atoms with van der Waals surface area (Å²) in [6, 6.07) is 1.81. The number of hydrogen-bond acceptors (Lipinski definition) is 5. The highest BCUT2D eigenvalue weighted by atomic mass is 32.1. The summed E-state index contributed by atoms with van der Waals surface area (Å²) in [4.78, 5) is 28.2. The molecule has 0 bridgehead atoms. The first-order valence-corrected chi connectivity index (χ1v) is 8.48. The standard InChI is InChI=1S/C16H18N2O4S/c19-13(18-16(15(20)21)5-2-1-3-6-16)8-12-10-23-14(17-12)11-4-7-22-9-11/h4,7,9-10H,1-3,5-6,8H2,(H,18,19)(H,20,21). The normalized spacial score (nSPS) is 16.9. The average Bonchev–Trinajstić information content (AvgIpc) is 3.18. The molecule has 1 saturated carbocycles. The highest BCUT2D eigenvalue weighted by molar-refractivity contribution is 7.13. The number of rotatable bonds is 5. The zero-order valence-corrected chi connectivity index (χ0v) is 13.4. The van der Waals surface area contributed by atoms with E-state index in [1.807, 2.05) is 11.4 Å². The van der Waals surface area contributed by atoms with E-state index >= 15 is 0 Å². The third kappa shape index (κ3) is 3.44. The Morgan fingerprint density at radius 1 is 1.35 bits per heavy atom. The van der Waals surface area contributed by atoms with Crippen LogP contribution < -0.4 is 5.32 Å². The molecular formula is C16H18N2O4S. The Morgan fingerprint density at radius 2 is 2.13 bits per heavy atom. The van der Waals surface area contributed by atoms with Gasteiger partial charge in [-0.25, -0.2) is 9.78 Å². The second-order valence-corrected chi connectivity index (χ2v) is 6.69. The number of nitrogens with one attached hydrogen (secondary N) is 1. The Bertz CT molecular complexity index is 687. The van der Waals surface area contributed by atoms with E-state index in [0.29, 0.717) is 18.5 Å². The van der Waals surface area contributed by atoms with Gasteiger partial charge in [0.05, 0.1) is 18.4 Å². The van der Waals surface area contributed by atoms with Crippen LogP contribution in [0.2, 0.25) is 0 Å². The zero-order valence-electron chi connectivity index (χ0n) is 12.6. The van der Waals surface area contributed by atoms with E-state index in [1.54, 1.807) is 12.5 Å². The van der Waals surface area contributed by atoms with Gasteiger partial charge in [-0.3, -0.25) is 4.79 Å². The second-order valence-electron chi connectivity index (χ2n) is 5.83. The van der Waals surface area contributed by atoms with Gasteiger partial charge in [-0.15, -0.1) is 11.3 Å². The monoisotopic (exact) mass is 334 g/mol. The van der Waals surface area contributed by atoms with Crippen molar-refractivity contribution in [1.82, 2.24) is 10.3 Å². The number of hydrogen-bond donors (Lipinski definition) is 2. The molecule has 2 heterocycles. The number of furan rings is 1. The molecule has 23 heavy (non-hydrogen) atoms. The first-order chi connectivity index (χ1) is 11.1. The Balaban J connectivity index is 1.66. The number of thiazole rings is 1. The van der Waals surface area contributed by atoms with Crippen LogP contribution in [0.1, 0.15) is 37.8 Å². The van der Waals surface area contributed by atoms with E-state index in [2.05, 4.69) is 10.3 Å². The fraction of sp³-hybridized carbons (Fsp3) is 0.438. The summed E-state index contributed by atoms with van der Waals surface area (Å²) in [6.07, 6.45) is 6.92. The SMILES string of the molecule is O=C(Cc1csc(-c2ccoc2)n1)NC1(C(=O)O)CCCCC1. The summed E-state index contributed by atoms with van der Waals surface area (Å²) in [6.45, 7) is 0.